The maximum absolute atomic E-state index is 15.9. The molecule has 5 saturated carbocycles. The van der Waals surface area contributed by atoms with Crippen LogP contribution in [0.25, 0.3) is 22.3 Å². The van der Waals surface area contributed by atoms with Gasteiger partial charge in [-0.15, -0.1) is 0 Å². The Morgan fingerprint density at radius 1 is 0.346 bits per heavy atom. The van der Waals surface area contributed by atoms with Crippen LogP contribution in [0.3, 0.4) is 0 Å². The third-order valence-corrected chi connectivity index (χ3v) is 17.8. The monoisotopic (exact) mass is 1090 g/mol. The molecule has 4 aromatic carbocycles. The van der Waals surface area contributed by atoms with E-state index in [9.17, 15) is 13.2 Å². The molecule has 13 heteroatoms. The van der Waals surface area contributed by atoms with Gasteiger partial charge < -0.3 is 28.4 Å². The van der Waals surface area contributed by atoms with Crippen molar-refractivity contribution >= 4 is 0 Å². The molecule has 0 amide bonds. The molecule has 0 N–H and O–H groups in total. The lowest BCUT2D eigenvalue weighted by Gasteiger charge is -2.29. The van der Waals surface area contributed by atoms with E-state index in [0.29, 0.717) is 108 Å². The van der Waals surface area contributed by atoms with Crippen molar-refractivity contribution in [1.29, 1.82) is 0 Å². The first-order valence-electron chi connectivity index (χ1n) is 30.2. The predicted molar refractivity (Wildman–Crippen MR) is 292 cm³/mol. The first-order chi connectivity index (χ1) is 38.0. The van der Waals surface area contributed by atoms with Gasteiger partial charge in [-0.2, -0.15) is 8.78 Å². The third-order valence-electron chi connectivity index (χ3n) is 17.8. The molecule has 78 heavy (non-hydrogen) atoms. The van der Waals surface area contributed by atoms with Crippen LogP contribution < -0.4 is 28.4 Å². The summed E-state index contributed by atoms with van der Waals surface area (Å²) in [7, 11) is 0. The highest BCUT2D eigenvalue weighted by molar-refractivity contribution is 5.87. The molecule has 0 aromatic heterocycles. The van der Waals surface area contributed by atoms with E-state index in [1.807, 2.05) is 12.1 Å². The van der Waals surface area contributed by atoms with Crippen LogP contribution in [0.2, 0.25) is 0 Å². The number of hydrogen-bond acceptors (Lipinski definition) is 6. The quantitative estimate of drug-likeness (QED) is 0.0487. The van der Waals surface area contributed by atoms with Gasteiger partial charge in [0.1, 0.15) is 22.9 Å². The fourth-order valence-corrected chi connectivity index (χ4v) is 13.2. The van der Waals surface area contributed by atoms with Crippen LogP contribution in [0.5, 0.6) is 34.5 Å². The van der Waals surface area contributed by atoms with Gasteiger partial charge in [-0.3, -0.25) is 0 Å². The molecule has 0 atom stereocenters. The minimum Gasteiger partial charge on any atom is -0.489 e. The van der Waals surface area contributed by atoms with Crippen LogP contribution in [0.1, 0.15) is 198 Å². The summed E-state index contributed by atoms with van der Waals surface area (Å²) in [5.74, 6) is -4.72. The second-order valence-electron chi connectivity index (χ2n) is 23.4. The maximum Gasteiger partial charge on any atom is 0.432 e. The number of hydrogen-bond donors (Lipinski definition) is 0. The van der Waals surface area contributed by atoms with E-state index >= 15 is 17.6 Å². The first kappa shape index (κ1) is 57.9. The van der Waals surface area contributed by atoms with E-state index in [1.165, 1.54) is 135 Å². The molecule has 5 aliphatic rings. The number of ether oxygens (including phenoxy) is 6. The fourth-order valence-electron chi connectivity index (χ4n) is 13.2. The highest BCUT2D eigenvalue weighted by Gasteiger charge is 2.42. The Labute approximate surface area is 458 Å². The zero-order valence-corrected chi connectivity index (χ0v) is 45.8. The van der Waals surface area contributed by atoms with Crippen molar-refractivity contribution in [3.05, 3.63) is 83.2 Å². The molecule has 5 aliphatic carbocycles. The predicted octanol–water partition coefficient (Wildman–Crippen LogP) is 19.6. The van der Waals surface area contributed by atoms with Crippen LogP contribution in [0.15, 0.2) is 48.5 Å². The Morgan fingerprint density at radius 3 is 0.974 bits per heavy atom. The summed E-state index contributed by atoms with van der Waals surface area (Å²) in [6, 6.07) is 8.83. The Morgan fingerprint density at radius 2 is 0.641 bits per heavy atom. The summed E-state index contributed by atoms with van der Waals surface area (Å²) < 4.78 is 144. The lowest BCUT2D eigenvalue weighted by molar-refractivity contribution is -0.189. The average Bonchev–Trinajstić information content (AvgIpc) is 3.56. The second kappa shape index (κ2) is 28.6. The van der Waals surface area contributed by atoms with E-state index in [1.54, 1.807) is 12.1 Å². The lowest BCUT2D eigenvalue weighted by atomic mass is 9.87. The van der Waals surface area contributed by atoms with E-state index < -0.39 is 46.5 Å². The standard InChI is InChI=1S/C65H83F7O6/c66-53-40-51(41-54(67)58(53)65(71,72)78-52-42-55(68)59(70)56(69)43-52)49-26-28-50(29-27-49)57-60(73-35-30-44-16-6-1-7-17-44)62(75-37-32-46-20-10-3-11-21-46)64(77-39-34-48-24-14-5-15-25-48)63(76-38-33-47-22-12-4-13-23-47)61(57)74-36-31-45-18-8-2-9-19-45/h26-29,40-48H,1-25,30-39H2. The van der Waals surface area contributed by atoms with Crippen LogP contribution in [0, 0.1) is 58.7 Å². The molecule has 0 radical (unpaired) electrons. The van der Waals surface area contributed by atoms with Gasteiger partial charge in [0.05, 0.1) is 38.6 Å². The van der Waals surface area contributed by atoms with Crippen molar-refractivity contribution in [2.75, 3.05) is 33.0 Å². The molecule has 5 fully saturated rings. The summed E-state index contributed by atoms with van der Waals surface area (Å²) in [4.78, 5) is 0. The van der Waals surface area contributed by atoms with Gasteiger partial charge in [0.2, 0.25) is 17.2 Å². The highest BCUT2D eigenvalue weighted by Crippen LogP contribution is 2.58. The smallest absolute Gasteiger partial charge is 0.432 e. The molecule has 0 aliphatic heterocycles. The molecular formula is C65H83F7O6. The molecule has 4 aromatic rings. The van der Waals surface area contributed by atoms with Crippen molar-refractivity contribution in [3.8, 4) is 56.8 Å². The normalized spacial score (nSPS) is 18.7. The molecular weight excluding hydrogens is 1010 g/mol. The summed E-state index contributed by atoms with van der Waals surface area (Å²) >= 11 is 0. The summed E-state index contributed by atoms with van der Waals surface area (Å²) in [6.07, 6.45) is 29.8. The Hall–Kier alpha value is -4.81. The summed E-state index contributed by atoms with van der Waals surface area (Å²) in [5.41, 5.74) is -0.218. The van der Waals surface area contributed by atoms with Crippen LogP contribution in [0.4, 0.5) is 30.7 Å². The van der Waals surface area contributed by atoms with Crippen molar-refractivity contribution < 1.29 is 59.2 Å². The lowest BCUT2D eigenvalue weighted by Crippen LogP contribution is -2.25. The zero-order valence-electron chi connectivity index (χ0n) is 45.8. The van der Waals surface area contributed by atoms with Gasteiger partial charge in [-0.25, -0.2) is 22.0 Å². The number of rotatable bonds is 25. The summed E-state index contributed by atoms with van der Waals surface area (Å²) in [5, 5.41) is 0. The molecule has 0 heterocycles. The SMILES string of the molecule is Fc1cc(OC(F)(F)c2c(F)cc(-c3ccc(-c4c(OCCC5CCCCC5)c(OCCC5CCCCC5)c(OCCC5CCCCC5)c(OCCC5CCCCC5)c4OCCC4CCCCC4)cc3)cc2F)cc(F)c1F. The minimum atomic E-state index is -4.73. The molecule has 0 unspecified atom stereocenters. The van der Waals surface area contributed by atoms with Gasteiger partial charge in [0.15, 0.2) is 29.0 Å². The van der Waals surface area contributed by atoms with E-state index in [0.717, 1.165) is 69.9 Å². The zero-order chi connectivity index (χ0) is 54.3. The van der Waals surface area contributed by atoms with Crippen LogP contribution in [-0.4, -0.2) is 33.0 Å². The van der Waals surface area contributed by atoms with Gasteiger partial charge in [0.25, 0.3) is 0 Å². The number of alkyl halides is 2. The largest absolute Gasteiger partial charge is 0.489 e. The van der Waals surface area contributed by atoms with E-state index in [2.05, 4.69) is 4.74 Å². The van der Waals surface area contributed by atoms with Crippen LogP contribution in [-0.2, 0) is 6.11 Å². The van der Waals surface area contributed by atoms with Gasteiger partial charge in [-0.05, 0) is 90.5 Å². The topological polar surface area (TPSA) is 55.4 Å². The molecule has 9 rings (SSSR count). The van der Waals surface area contributed by atoms with Crippen molar-refractivity contribution in [3.63, 3.8) is 0 Å². The Kier molecular flexibility index (Phi) is 21.2. The first-order valence-corrected chi connectivity index (χ1v) is 30.2. The highest BCUT2D eigenvalue weighted by atomic mass is 19.3. The van der Waals surface area contributed by atoms with Crippen LogP contribution >= 0.6 is 0 Å². The molecule has 6 nitrogen and oxygen atoms in total. The summed E-state index contributed by atoms with van der Waals surface area (Å²) in [6.45, 7) is 2.26. The molecule has 0 spiro atoms. The Balaban J connectivity index is 1.13. The van der Waals surface area contributed by atoms with Crippen molar-refractivity contribution in [1.82, 2.24) is 0 Å². The van der Waals surface area contributed by atoms with Crippen molar-refractivity contribution in [2.24, 2.45) is 29.6 Å². The van der Waals surface area contributed by atoms with Gasteiger partial charge in [0, 0.05) is 12.1 Å². The van der Waals surface area contributed by atoms with Crippen molar-refractivity contribution in [2.45, 2.75) is 199 Å². The molecule has 428 valence electrons. The fraction of sp³-hybridized carbons (Fsp3) is 0.631. The molecule has 0 bridgehead atoms. The molecule has 0 saturated heterocycles. The van der Waals surface area contributed by atoms with Gasteiger partial charge in [-0.1, -0.05) is 185 Å². The van der Waals surface area contributed by atoms with E-state index in [-0.39, 0.29) is 17.7 Å². The maximum atomic E-state index is 15.9. The van der Waals surface area contributed by atoms with E-state index in [4.69, 9.17) is 23.7 Å². The van der Waals surface area contributed by atoms with Gasteiger partial charge >= 0.3 is 6.11 Å². The minimum absolute atomic E-state index is 0.0527. The Bertz CT molecular complexity index is 2390. The average molecular weight is 1090 g/mol. The number of benzene rings is 4. The second-order valence-corrected chi connectivity index (χ2v) is 23.4. The third kappa shape index (κ3) is 15.5. The number of halogens is 7.